The number of aryl methyl sites for hydroxylation is 2. The Balaban J connectivity index is 2.34. The van der Waals surface area contributed by atoms with Crippen LogP contribution in [0.4, 0.5) is 0 Å². The topological polar surface area (TPSA) is 39.1 Å². The fraction of sp³-hybridized carbons (Fsp3) is 0.750. The molecule has 0 radical (unpaired) electrons. The van der Waals surface area contributed by atoms with Crippen LogP contribution in [0.25, 0.3) is 0 Å². The van der Waals surface area contributed by atoms with Crippen molar-refractivity contribution < 1.29 is 4.74 Å². The third kappa shape index (κ3) is 4.41. The minimum absolute atomic E-state index is 0.844. The number of halogens is 1. The Labute approximate surface area is 112 Å². The van der Waals surface area contributed by atoms with E-state index in [9.17, 15) is 0 Å². The van der Waals surface area contributed by atoms with Crippen LogP contribution in [0.2, 0.25) is 0 Å². The van der Waals surface area contributed by atoms with Gasteiger partial charge in [-0.3, -0.25) is 4.68 Å². The Morgan fingerprint density at radius 2 is 2.18 bits per heavy atom. The number of hydrogen-bond donors (Lipinski definition) is 1. The van der Waals surface area contributed by atoms with E-state index in [1.54, 1.807) is 7.11 Å². The summed E-state index contributed by atoms with van der Waals surface area (Å²) in [6.45, 7) is 4.84. The van der Waals surface area contributed by atoms with Gasteiger partial charge in [0.2, 0.25) is 0 Å². The number of methoxy groups -OCH3 is 1. The molecule has 1 rings (SSSR count). The van der Waals surface area contributed by atoms with E-state index in [-0.39, 0.29) is 0 Å². The van der Waals surface area contributed by atoms with Gasteiger partial charge < -0.3 is 10.1 Å². The van der Waals surface area contributed by atoms with Gasteiger partial charge in [-0.15, -0.1) is 0 Å². The minimum atomic E-state index is 0.844. The van der Waals surface area contributed by atoms with Gasteiger partial charge in [-0.25, -0.2) is 0 Å². The first-order chi connectivity index (χ1) is 8.20. The molecule has 1 aromatic heterocycles. The smallest absolute Gasteiger partial charge is 0.0767 e. The number of nitrogens with zero attached hydrogens (tertiary/aromatic N) is 2. The third-order valence-electron chi connectivity index (χ3n) is 2.75. The first kappa shape index (κ1) is 14.7. The van der Waals surface area contributed by atoms with E-state index >= 15 is 0 Å². The molecule has 0 bridgehead atoms. The summed E-state index contributed by atoms with van der Waals surface area (Å²) in [6.07, 6.45) is 3.21. The van der Waals surface area contributed by atoms with Gasteiger partial charge in [0.1, 0.15) is 0 Å². The quantitative estimate of drug-likeness (QED) is 0.749. The highest BCUT2D eigenvalue weighted by atomic mass is 79.9. The van der Waals surface area contributed by atoms with Crippen molar-refractivity contribution in [3.63, 3.8) is 0 Å². The highest BCUT2D eigenvalue weighted by Crippen LogP contribution is 2.21. The first-order valence-electron chi connectivity index (χ1n) is 6.10. The van der Waals surface area contributed by atoms with Crippen molar-refractivity contribution in [1.29, 1.82) is 0 Å². The molecule has 1 N–H and O–H groups in total. The molecule has 5 heteroatoms. The van der Waals surface area contributed by atoms with Crippen LogP contribution in [0.3, 0.4) is 0 Å². The van der Waals surface area contributed by atoms with Gasteiger partial charge in [0, 0.05) is 27.3 Å². The molecule has 0 saturated heterocycles. The lowest BCUT2D eigenvalue weighted by molar-refractivity contribution is 0.192. The molecule has 0 aliphatic rings. The lowest BCUT2D eigenvalue weighted by Crippen LogP contribution is -2.17. The van der Waals surface area contributed by atoms with E-state index < -0.39 is 0 Å². The van der Waals surface area contributed by atoms with Gasteiger partial charge in [-0.05, 0) is 41.7 Å². The maximum atomic E-state index is 5.01. The molecule has 0 amide bonds. The second kappa shape index (κ2) is 7.84. The van der Waals surface area contributed by atoms with Crippen molar-refractivity contribution in [2.45, 2.75) is 32.7 Å². The maximum Gasteiger partial charge on any atom is 0.0767 e. The van der Waals surface area contributed by atoms with Crippen LogP contribution in [-0.2, 0) is 24.8 Å². The molecular weight excluding hydrogens is 282 g/mol. The number of unbranched alkanes of at least 4 members (excludes halogenated alkanes) is 1. The molecule has 0 aromatic carbocycles. The van der Waals surface area contributed by atoms with Crippen molar-refractivity contribution in [2.75, 3.05) is 20.3 Å². The summed E-state index contributed by atoms with van der Waals surface area (Å²) in [5, 5.41) is 7.90. The number of hydrogen-bond acceptors (Lipinski definition) is 3. The molecule has 0 aliphatic heterocycles. The number of nitrogens with one attached hydrogen (secondary N) is 1. The van der Waals surface area contributed by atoms with Gasteiger partial charge in [0.05, 0.1) is 15.9 Å². The van der Waals surface area contributed by atoms with E-state index in [1.807, 2.05) is 11.7 Å². The van der Waals surface area contributed by atoms with Crippen LogP contribution in [-0.4, -0.2) is 30.0 Å². The predicted molar refractivity (Wildman–Crippen MR) is 73.1 cm³/mol. The van der Waals surface area contributed by atoms with Gasteiger partial charge in [0.15, 0.2) is 0 Å². The molecule has 0 aliphatic carbocycles. The van der Waals surface area contributed by atoms with Crippen LogP contribution in [0.15, 0.2) is 4.47 Å². The van der Waals surface area contributed by atoms with E-state index in [2.05, 4.69) is 33.3 Å². The predicted octanol–water partition coefficient (Wildman–Crippen LogP) is 2.26. The van der Waals surface area contributed by atoms with Gasteiger partial charge >= 0.3 is 0 Å². The van der Waals surface area contributed by atoms with Crippen molar-refractivity contribution >= 4 is 15.9 Å². The molecule has 17 heavy (non-hydrogen) atoms. The number of ether oxygens (including phenoxy) is 1. The number of rotatable bonds is 8. The summed E-state index contributed by atoms with van der Waals surface area (Å²) >= 11 is 3.61. The second-order valence-electron chi connectivity index (χ2n) is 4.06. The van der Waals surface area contributed by atoms with Crippen molar-refractivity contribution in [2.24, 2.45) is 7.05 Å². The van der Waals surface area contributed by atoms with Crippen LogP contribution >= 0.6 is 15.9 Å². The maximum absolute atomic E-state index is 5.01. The van der Waals surface area contributed by atoms with Crippen molar-refractivity contribution in [1.82, 2.24) is 15.1 Å². The lowest BCUT2D eigenvalue weighted by atomic mass is 10.3. The number of aromatic nitrogens is 2. The summed E-state index contributed by atoms with van der Waals surface area (Å²) in [4.78, 5) is 0. The Bertz CT molecular complexity index is 339. The monoisotopic (exact) mass is 303 g/mol. The molecule has 98 valence electrons. The first-order valence-corrected chi connectivity index (χ1v) is 6.89. The molecular formula is C12H22BrN3O. The summed E-state index contributed by atoms with van der Waals surface area (Å²) in [5.41, 5.74) is 2.34. The lowest BCUT2D eigenvalue weighted by Gasteiger charge is -2.05. The zero-order valence-corrected chi connectivity index (χ0v) is 12.5. The SMILES string of the molecule is CCc1nn(C)c(CNCCCCOC)c1Br. The average Bonchev–Trinajstić information content (AvgIpc) is 2.60. The summed E-state index contributed by atoms with van der Waals surface area (Å²) in [6, 6.07) is 0. The zero-order valence-electron chi connectivity index (χ0n) is 10.9. The molecule has 0 saturated carbocycles. The molecule has 0 spiro atoms. The zero-order chi connectivity index (χ0) is 12.7. The highest BCUT2D eigenvalue weighted by Gasteiger charge is 2.11. The molecule has 1 aromatic rings. The molecule has 0 unspecified atom stereocenters. The molecule has 4 nitrogen and oxygen atoms in total. The molecule has 0 fully saturated rings. The van der Waals surface area contributed by atoms with Gasteiger partial charge in [-0.2, -0.15) is 5.10 Å². The summed E-state index contributed by atoms with van der Waals surface area (Å²) < 4.78 is 8.11. The normalized spacial score (nSPS) is 11.1. The Morgan fingerprint density at radius 1 is 1.41 bits per heavy atom. The Morgan fingerprint density at radius 3 is 2.76 bits per heavy atom. The van der Waals surface area contributed by atoms with Crippen LogP contribution in [0.1, 0.15) is 31.2 Å². The average molecular weight is 304 g/mol. The largest absolute Gasteiger partial charge is 0.385 e. The fourth-order valence-corrected chi connectivity index (χ4v) is 2.47. The second-order valence-corrected chi connectivity index (χ2v) is 4.85. The summed E-state index contributed by atoms with van der Waals surface area (Å²) in [5.74, 6) is 0. The van der Waals surface area contributed by atoms with E-state index in [4.69, 9.17) is 4.74 Å². The Kier molecular flexibility index (Phi) is 6.77. The third-order valence-corrected chi connectivity index (χ3v) is 3.66. The van der Waals surface area contributed by atoms with Gasteiger partial charge in [-0.1, -0.05) is 6.92 Å². The van der Waals surface area contributed by atoms with E-state index in [0.29, 0.717) is 0 Å². The van der Waals surface area contributed by atoms with Gasteiger partial charge in [0.25, 0.3) is 0 Å². The van der Waals surface area contributed by atoms with E-state index in [0.717, 1.165) is 49.1 Å². The molecule has 1 heterocycles. The van der Waals surface area contributed by atoms with Crippen molar-refractivity contribution in [3.8, 4) is 0 Å². The Hall–Kier alpha value is -0.390. The minimum Gasteiger partial charge on any atom is -0.385 e. The van der Waals surface area contributed by atoms with Crippen LogP contribution in [0, 0.1) is 0 Å². The molecule has 0 atom stereocenters. The van der Waals surface area contributed by atoms with Crippen LogP contribution < -0.4 is 5.32 Å². The standard InChI is InChI=1S/C12H22BrN3O/c1-4-10-12(13)11(16(2)15-10)9-14-7-5-6-8-17-3/h14H,4-9H2,1-3H3. The van der Waals surface area contributed by atoms with E-state index in [1.165, 1.54) is 5.69 Å². The highest BCUT2D eigenvalue weighted by molar-refractivity contribution is 9.10. The fourth-order valence-electron chi connectivity index (χ4n) is 1.72. The summed E-state index contributed by atoms with van der Waals surface area (Å²) in [7, 11) is 3.73. The van der Waals surface area contributed by atoms with Crippen LogP contribution in [0.5, 0.6) is 0 Å². The van der Waals surface area contributed by atoms with Crippen molar-refractivity contribution in [3.05, 3.63) is 15.9 Å².